The SMILES string of the molecule is CCN1CCN(c2nc(C#Cc3ccc(OC)cc3)cc3ccccc23)CC1. The molecule has 1 aromatic heterocycles. The highest BCUT2D eigenvalue weighted by Gasteiger charge is 2.19. The summed E-state index contributed by atoms with van der Waals surface area (Å²) < 4.78 is 5.21. The van der Waals surface area contributed by atoms with Gasteiger partial charge < -0.3 is 14.5 Å². The van der Waals surface area contributed by atoms with Crippen LogP contribution < -0.4 is 9.64 Å². The minimum absolute atomic E-state index is 0.808. The third-order valence-electron chi connectivity index (χ3n) is 5.26. The molecule has 0 N–H and O–H groups in total. The highest BCUT2D eigenvalue weighted by atomic mass is 16.5. The number of benzene rings is 2. The van der Waals surface area contributed by atoms with Crippen molar-refractivity contribution in [2.24, 2.45) is 0 Å². The predicted octanol–water partition coefficient (Wildman–Crippen LogP) is 3.79. The maximum atomic E-state index is 5.21. The van der Waals surface area contributed by atoms with E-state index < -0.39 is 0 Å². The normalized spacial score (nSPS) is 14.6. The minimum Gasteiger partial charge on any atom is -0.497 e. The Hall–Kier alpha value is -3.03. The Kier molecular flexibility index (Phi) is 5.45. The number of rotatable bonds is 3. The van der Waals surface area contributed by atoms with Gasteiger partial charge in [0.2, 0.25) is 0 Å². The zero-order chi connectivity index (χ0) is 19.3. The summed E-state index contributed by atoms with van der Waals surface area (Å²) in [6, 6.07) is 18.3. The van der Waals surface area contributed by atoms with Gasteiger partial charge in [-0.25, -0.2) is 4.98 Å². The van der Waals surface area contributed by atoms with Crippen LogP contribution in [0.25, 0.3) is 10.8 Å². The largest absolute Gasteiger partial charge is 0.497 e. The lowest BCUT2D eigenvalue weighted by molar-refractivity contribution is 0.271. The molecule has 0 unspecified atom stereocenters. The summed E-state index contributed by atoms with van der Waals surface area (Å²) in [5.41, 5.74) is 1.76. The molecule has 0 spiro atoms. The molecule has 0 aliphatic carbocycles. The lowest BCUT2D eigenvalue weighted by Crippen LogP contribution is -2.46. The summed E-state index contributed by atoms with van der Waals surface area (Å²) in [4.78, 5) is 9.81. The summed E-state index contributed by atoms with van der Waals surface area (Å²) in [7, 11) is 1.67. The molecule has 4 heteroatoms. The molecular formula is C24H25N3O. The summed E-state index contributed by atoms with van der Waals surface area (Å²) in [6.07, 6.45) is 0. The number of hydrogen-bond donors (Lipinski definition) is 0. The molecule has 2 heterocycles. The fraction of sp³-hybridized carbons (Fsp3) is 0.292. The molecule has 0 atom stereocenters. The zero-order valence-electron chi connectivity index (χ0n) is 16.5. The average Bonchev–Trinajstić information content (AvgIpc) is 2.77. The van der Waals surface area contributed by atoms with Gasteiger partial charge in [0.15, 0.2) is 0 Å². The van der Waals surface area contributed by atoms with Crippen LogP contribution in [0, 0.1) is 11.8 Å². The molecule has 4 rings (SSSR count). The molecular weight excluding hydrogens is 346 g/mol. The van der Waals surface area contributed by atoms with E-state index in [1.807, 2.05) is 24.3 Å². The topological polar surface area (TPSA) is 28.6 Å². The minimum atomic E-state index is 0.808. The van der Waals surface area contributed by atoms with Crippen LogP contribution in [0.5, 0.6) is 5.75 Å². The molecule has 1 fully saturated rings. The van der Waals surface area contributed by atoms with Gasteiger partial charge in [0.25, 0.3) is 0 Å². The number of nitrogens with zero attached hydrogens (tertiary/aromatic N) is 3. The molecule has 2 aromatic carbocycles. The van der Waals surface area contributed by atoms with E-state index in [-0.39, 0.29) is 0 Å². The number of methoxy groups -OCH3 is 1. The first kappa shape index (κ1) is 18.3. The van der Waals surface area contributed by atoms with Crippen LogP contribution in [0.3, 0.4) is 0 Å². The van der Waals surface area contributed by atoms with Crippen LogP contribution in [0.15, 0.2) is 54.6 Å². The smallest absolute Gasteiger partial charge is 0.138 e. The maximum absolute atomic E-state index is 5.21. The lowest BCUT2D eigenvalue weighted by atomic mass is 10.1. The summed E-state index contributed by atoms with van der Waals surface area (Å²) in [6.45, 7) is 7.48. The van der Waals surface area contributed by atoms with Gasteiger partial charge in [-0.15, -0.1) is 0 Å². The number of likely N-dealkylation sites (N-methyl/N-ethyl adjacent to an activating group) is 1. The fourth-order valence-corrected chi connectivity index (χ4v) is 3.57. The fourth-order valence-electron chi connectivity index (χ4n) is 3.57. The molecule has 142 valence electrons. The van der Waals surface area contributed by atoms with E-state index in [1.54, 1.807) is 7.11 Å². The molecule has 4 nitrogen and oxygen atoms in total. The van der Waals surface area contributed by atoms with E-state index in [9.17, 15) is 0 Å². The Morgan fingerprint density at radius 2 is 1.71 bits per heavy atom. The highest BCUT2D eigenvalue weighted by Crippen LogP contribution is 2.26. The molecule has 0 amide bonds. The van der Waals surface area contributed by atoms with Crippen LogP contribution in [-0.2, 0) is 0 Å². The van der Waals surface area contributed by atoms with E-state index >= 15 is 0 Å². The highest BCUT2D eigenvalue weighted by molar-refractivity contribution is 5.93. The van der Waals surface area contributed by atoms with Crippen molar-refractivity contribution in [1.82, 2.24) is 9.88 Å². The number of fused-ring (bicyclic) bond motifs is 1. The van der Waals surface area contributed by atoms with Crippen molar-refractivity contribution in [1.29, 1.82) is 0 Å². The Morgan fingerprint density at radius 3 is 2.43 bits per heavy atom. The Labute approximate surface area is 166 Å². The van der Waals surface area contributed by atoms with Crippen LogP contribution in [0.1, 0.15) is 18.2 Å². The molecule has 0 saturated carbocycles. The molecule has 28 heavy (non-hydrogen) atoms. The first-order valence-electron chi connectivity index (χ1n) is 9.80. The standard InChI is InChI=1S/C24H25N3O/c1-3-26-14-16-27(17-15-26)24-23-7-5-4-6-20(23)18-21(25-24)11-8-19-9-12-22(28-2)13-10-19/h4-7,9-10,12-13,18H,3,14-17H2,1-2H3. The second-order valence-electron chi connectivity index (χ2n) is 6.95. The van der Waals surface area contributed by atoms with Crippen LogP contribution in [0.2, 0.25) is 0 Å². The Balaban J connectivity index is 1.67. The predicted molar refractivity (Wildman–Crippen MR) is 115 cm³/mol. The van der Waals surface area contributed by atoms with Crippen molar-refractivity contribution in [2.75, 3.05) is 44.7 Å². The first-order chi connectivity index (χ1) is 13.8. The van der Waals surface area contributed by atoms with Gasteiger partial charge in [0.1, 0.15) is 17.3 Å². The molecule has 1 saturated heterocycles. The number of piperazine rings is 1. The lowest BCUT2D eigenvalue weighted by Gasteiger charge is -2.35. The van der Waals surface area contributed by atoms with E-state index in [2.05, 4.69) is 58.9 Å². The van der Waals surface area contributed by atoms with Crippen LogP contribution >= 0.6 is 0 Å². The molecule has 0 bridgehead atoms. The third-order valence-corrected chi connectivity index (χ3v) is 5.26. The average molecular weight is 371 g/mol. The van der Waals surface area contributed by atoms with E-state index in [0.29, 0.717) is 0 Å². The molecule has 1 aliphatic heterocycles. The van der Waals surface area contributed by atoms with Gasteiger partial charge in [-0.3, -0.25) is 0 Å². The quantitative estimate of drug-likeness (QED) is 0.655. The molecule has 1 aliphatic rings. The molecule has 0 radical (unpaired) electrons. The Morgan fingerprint density at radius 1 is 0.964 bits per heavy atom. The van der Waals surface area contributed by atoms with Gasteiger partial charge in [-0.2, -0.15) is 0 Å². The van der Waals surface area contributed by atoms with Crippen molar-refractivity contribution in [3.8, 4) is 17.6 Å². The maximum Gasteiger partial charge on any atom is 0.138 e. The Bertz CT molecular complexity index is 1010. The number of pyridine rings is 1. The van der Waals surface area contributed by atoms with Crippen molar-refractivity contribution < 1.29 is 4.74 Å². The van der Waals surface area contributed by atoms with E-state index in [0.717, 1.165) is 55.5 Å². The van der Waals surface area contributed by atoms with Crippen molar-refractivity contribution in [3.05, 3.63) is 65.9 Å². The van der Waals surface area contributed by atoms with Crippen molar-refractivity contribution >= 4 is 16.6 Å². The monoisotopic (exact) mass is 371 g/mol. The van der Waals surface area contributed by atoms with E-state index in [1.165, 1.54) is 10.8 Å². The summed E-state index contributed by atoms with van der Waals surface area (Å²) in [5, 5.41) is 2.38. The summed E-state index contributed by atoms with van der Waals surface area (Å²) in [5.74, 6) is 8.36. The van der Waals surface area contributed by atoms with Crippen molar-refractivity contribution in [3.63, 3.8) is 0 Å². The van der Waals surface area contributed by atoms with E-state index in [4.69, 9.17) is 9.72 Å². The van der Waals surface area contributed by atoms with Gasteiger partial charge >= 0.3 is 0 Å². The number of aromatic nitrogens is 1. The number of anilines is 1. The van der Waals surface area contributed by atoms with Gasteiger partial charge in [-0.1, -0.05) is 37.1 Å². The summed E-state index contributed by atoms with van der Waals surface area (Å²) >= 11 is 0. The third kappa shape index (κ3) is 3.95. The molecule has 3 aromatic rings. The zero-order valence-corrected chi connectivity index (χ0v) is 16.5. The van der Waals surface area contributed by atoms with Crippen LogP contribution in [-0.4, -0.2) is 49.7 Å². The van der Waals surface area contributed by atoms with Gasteiger partial charge in [0.05, 0.1) is 7.11 Å². The van der Waals surface area contributed by atoms with Crippen LogP contribution in [0.4, 0.5) is 5.82 Å². The van der Waals surface area contributed by atoms with Gasteiger partial charge in [0, 0.05) is 37.1 Å². The second-order valence-corrected chi connectivity index (χ2v) is 6.95. The second kappa shape index (κ2) is 8.33. The first-order valence-corrected chi connectivity index (χ1v) is 9.80. The number of hydrogen-bond acceptors (Lipinski definition) is 4. The number of ether oxygens (including phenoxy) is 1. The van der Waals surface area contributed by atoms with Gasteiger partial charge in [-0.05, 0) is 48.2 Å². The van der Waals surface area contributed by atoms with Crippen molar-refractivity contribution in [2.45, 2.75) is 6.92 Å².